The van der Waals surface area contributed by atoms with E-state index in [1.807, 2.05) is 0 Å². The Morgan fingerprint density at radius 3 is 2.33 bits per heavy atom. The number of non-ortho nitro benzene ring substituents is 1. The average Bonchev–Trinajstić information content (AvgIpc) is 2.25. The van der Waals surface area contributed by atoms with E-state index in [0.717, 1.165) is 0 Å². The number of nitrogens with two attached hydrogens (primary N) is 1. The maximum Gasteiger partial charge on any atom is 0.417 e. The maximum atomic E-state index is 12.6. The van der Waals surface area contributed by atoms with Crippen LogP contribution in [0.25, 0.3) is 0 Å². The van der Waals surface area contributed by atoms with E-state index in [0.29, 0.717) is 6.07 Å². The minimum atomic E-state index is -5.00. The normalized spacial score (nSPS) is 10.8. The first-order chi connectivity index (χ1) is 8.18. The molecule has 1 rings (SSSR count). The highest BCUT2D eigenvalue weighted by atomic mass is 19.4. The summed E-state index contributed by atoms with van der Waals surface area (Å²) in [6.07, 6.45) is -5.00. The number of halogens is 3. The molecule has 9 heteroatoms. The molecule has 0 heterocycles. The quantitative estimate of drug-likeness (QED) is 0.642. The first-order valence-corrected chi connectivity index (χ1v) is 4.28. The summed E-state index contributed by atoms with van der Waals surface area (Å²) in [7, 11) is 0. The molecule has 0 atom stereocenters. The van der Waals surface area contributed by atoms with Crippen LogP contribution in [0.4, 0.5) is 18.9 Å². The van der Waals surface area contributed by atoms with Crippen molar-refractivity contribution in [2.75, 3.05) is 0 Å². The van der Waals surface area contributed by atoms with Crippen molar-refractivity contribution in [1.29, 1.82) is 5.26 Å². The molecule has 0 bridgehead atoms. The lowest BCUT2D eigenvalue weighted by Crippen LogP contribution is -2.18. The highest BCUT2D eigenvalue weighted by molar-refractivity contribution is 5.96. The molecular weight excluding hydrogens is 255 g/mol. The Balaban J connectivity index is 3.74. The number of benzene rings is 1. The molecule has 0 fully saturated rings. The van der Waals surface area contributed by atoms with Gasteiger partial charge in [0.05, 0.1) is 21.6 Å². The molecule has 0 saturated carbocycles. The molecule has 0 aromatic heterocycles. The first-order valence-electron chi connectivity index (χ1n) is 4.28. The van der Waals surface area contributed by atoms with Gasteiger partial charge in [0.15, 0.2) is 0 Å². The number of nitrogens with zero attached hydrogens (tertiary/aromatic N) is 2. The van der Waals surface area contributed by atoms with Crippen LogP contribution in [0.1, 0.15) is 21.5 Å². The largest absolute Gasteiger partial charge is 0.417 e. The van der Waals surface area contributed by atoms with Crippen LogP contribution < -0.4 is 5.73 Å². The van der Waals surface area contributed by atoms with Crippen molar-refractivity contribution in [3.63, 3.8) is 0 Å². The SMILES string of the molecule is N#Cc1c(C(N)=O)cc([N+](=O)[O-])cc1C(F)(F)F. The minimum absolute atomic E-state index is 0.186. The third kappa shape index (κ3) is 2.37. The Morgan fingerprint density at radius 1 is 1.44 bits per heavy atom. The van der Waals surface area contributed by atoms with Crippen molar-refractivity contribution < 1.29 is 22.9 Å². The van der Waals surface area contributed by atoms with Gasteiger partial charge in [0.2, 0.25) is 5.91 Å². The molecule has 1 aromatic rings. The molecule has 0 aliphatic heterocycles. The zero-order valence-electron chi connectivity index (χ0n) is 8.49. The summed E-state index contributed by atoms with van der Waals surface area (Å²) in [6, 6.07) is 1.90. The summed E-state index contributed by atoms with van der Waals surface area (Å²) in [5.74, 6) is -1.35. The van der Waals surface area contributed by atoms with Gasteiger partial charge in [0, 0.05) is 12.1 Å². The van der Waals surface area contributed by atoms with Gasteiger partial charge in [-0.3, -0.25) is 14.9 Å². The average molecular weight is 259 g/mol. The molecule has 0 radical (unpaired) electrons. The Labute approximate surface area is 97.6 Å². The Morgan fingerprint density at radius 2 is 2.00 bits per heavy atom. The number of amides is 1. The molecule has 2 N–H and O–H groups in total. The third-order valence-corrected chi connectivity index (χ3v) is 2.02. The van der Waals surface area contributed by atoms with Crippen molar-refractivity contribution in [2.24, 2.45) is 5.73 Å². The van der Waals surface area contributed by atoms with E-state index in [1.54, 1.807) is 0 Å². The summed E-state index contributed by atoms with van der Waals surface area (Å²) >= 11 is 0. The molecule has 0 spiro atoms. The van der Waals surface area contributed by atoms with Gasteiger partial charge in [-0.25, -0.2) is 0 Å². The molecule has 1 aromatic carbocycles. The van der Waals surface area contributed by atoms with Gasteiger partial charge in [-0.05, 0) is 0 Å². The van der Waals surface area contributed by atoms with Crippen LogP contribution in [-0.2, 0) is 6.18 Å². The third-order valence-electron chi connectivity index (χ3n) is 2.02. The van der Waals surface area contributed by atoms with Crippen molar-refractivity contribution in [3.8, 4) is 6.07 Å². The Kier molecular flexibility index (Phi) is 3.23. The van der Waals surface area contributed by atoms with Gasteiger partial charge in [-0.1, -0.05) is 0 Å². The summed E-state index contributed by atoms with van der Waals surface area (Å²) in [6.45, 7) is 0. The molecule has 0 saturated heterocycles. The molecule has 18 heavy (non-hydrogen) atoms. The van der Waals surface area contributed by atoms with Gasteiger partial charge in [0.25, 0.3) is 5.69 Å². The number of carbonyl (C=O) groups excluding carboxylic acids is 1. The smallest absolute Gasteiger partial charge is 0.366 e. The van der Waals surface area contributed by atoms with Crippen LogP contribution in [0.5, 0.6) is 0 Å². The molecule has 0 unspecified atom stereocenters. The van der Waals surface area contributed by atoms with Gasteiger partial charge in [-0.15, -0.1) is 0 Å². The van der Waals surface area contributed by atoms with E-state index in [1.165, 1.54) is 6.07 Å². The van der Waals surface area contributed by atoms with E-state index in [9.17, 15) is 28.1 Å². The number of alkyl halides is 3. The Bertz CT molecular complexity index is 575. The van der Waals surface area contributed by atoms with Gasteiger partial charge in [0.1, 0.15) is 6.07 Å². The highest BCUT2D eigenvalue weighted by Gasteiger charge is 2.37. The fourth-order valence-corrected chi connectivity index (χ4v) is 1.27. The lowest BCUT2D eigenvalue weighted by molar-refractivity contribution is -0.385. The van der Waals surface area contributed by atoms with Gasteiger partial charge >= 0.3 is 6.18 Å². The summed E-state index contributed by atoms with van der Waals surface area (Å²) in [5.41, 5.74) is 0.405. The van der Waals surface area contributed by atoms with Crippen LogP contribution in [0, 0.1) is 21.4 Å². The number of hydrogen-bond donors (Lipinski definition) is 1. The first kappa shape index (κ1) is 13.4. The van der Waals surface area contributed by atoms with E-state index in [2.05, 4.69) is 0 Å². The number of nitriles is 1. The number of nitro benzene ring substituents is 1. The van der Waals surface area contributed by atoms with Crippen molar-refractivity contribution in [2.45, 2.75) is 6.18 Å². The lowest BCUT2D eigenvalue weighted by Gasteiger charge is -2.10. The second-order valence-electron chi connectivity index (χ2n) is 3.15. The number of primary amides is 1. The fourth-order valence-electron chi connectivity index (χ4n) is 1.27. The van der Waals surface area contributed by atoms with Gasteiger partial charge in [-0.2, -0.15) is 18.4 Å². The molecule has 1 amide bonds. The number of nitro groups is 1. The number of hydrogen-bond acceptors (Lipinski definition) is 4. The summed E-state index contributed by atoms with van der Waals surface area (Å²) in [5, 5.41) is 19.1. The second-order valence-corrected chi connectivity index (χ2v) is 3.15. The van der Waals surface area contributed by atoms with Crippen molar-refractivity contribution in [1.82, 2.24) is 0 Å². The van der Waals surface area contributed by atoms with Crippen molar-refractivity contribution >= 4 is 11.6 Å². The van der Waals surface area contributed by atoms with E-state index in [4.69, 9.17) is 11.0 Å². The van der Waals surface area contributed by atoms with E-state index in [-0.39, 0.29) is 6.07 Å². The standard InChI is InChI=1S/C9H4F3N3O3/c10-9(11,12)7-2-4(15(17)18)1-5(8(14)16)6(7)3-13/h1-2H,(H2,14,16). The summed E-state index contributed by atoms with van der Waals surface area (Å²) < 4.78 is 37.8. The topological polar surface area (TPSA) is 110 Å². The highest BCUT2D eigenvalue weighted by Crippen LogP contribution is 2.35. The van der Waals surface area contributed by atoms with Crippen LogP contribution in [0.2, 0.25) is 0 Å². The monoisotopic (exact) mass is 259 g/mol. The predicted octanol–water partition coefficient (Wildman–Crippen LogP) is 1.58. The molecular formula is C9H4F3N3O3. The second kappa shape index (κ2) is 4.33. The van der Waals surface area contributed by atoms with Crippen LogP contribution in [0.3, 0.4) is 0 Å². The van der Waals surface area contributed by atoms with E-state index < -0.39 is 39.4 Å². The van der Waals surface area contributed by atoms with Crippen LogP contribution in [0.15, 0.2) is 12.1 Å². The molecule has 0 aliphatic rings. The predicted molar refractivity (Wildman–Crippen MR) is 51.3 cm³/mol. The fraction of sp³-hybridized carbons (Fsp3) is 0.111. The number of carbonyl (C=O) groups is 1. The number of rotatable bonds is 2. The van der Waals surface area contributed by atoms with Gasteiger partial charge < -0.3 is 5.73 Å². The zero-order chi connectivity index (χ0) is 14.1. The van der Waals surface area contributed by atoms with Crippen LogP contribution in [-0.4, -0.2) is 10.8 Å². The minimum Gasteiger partial charge on any atom is -0.366 e. The van der Waals surface area contributed by atoms with E-state index >= 15 is 0 Å². The zero-order valence-corrected chi connectivity index (χ0v) is 8.49. The lowest BCUT2D eigenvalue weighted by atomic mass is 10.00. The summed E-state index contributed by atoms with van der Waals surface area (Å²) in [4.78, 5) is 20.3. The molecule has 6 nitrogen and oxygen atoms in total. The molecule has 94 valence electrons. The van der Waals surface area contributed by atoms with Crippen LogP contribution >= 0.6 is 0 Å². The maximum absolute atomic E-state index is 12.6. The Hall–Kier alpha value is -2.63. The van der Waals surface area contributed by atoms with Crippen molar-refractivity contribution in [3.05, 3.63) is 38.9 Å². The molecule has 0 aliphatic carbocycles.